The second kappa shape index (κ2) is 4.40. The Kier molecular flexibility index (Phi) is 3.39. The van der Waals surface area contributed by atoms with E-state index in [0.29, 0.717) is 0 Å². The SMILES string of the molecule is FC1(F)CC(C2=C3C=NC=C[NH+]3C(I)=N2)C1.[Cl-]. The molecular formula is C10H9ClF2IN3. The van der Waals surface area contributed by atoms with Crippen molar-refractivity contribution >= 4 is 32.6 Å². The summed E-state index contributed by atoms with van der Waals surface area (Å²) in [5.41, 5.74) is 1.71. The van der Waals surface area contributed by atoms with E-state index in [4.69, 9.17) is 0 Å². The number of alkyl halides is 2. The Morgan fingerprint density at radius 2 is 2.12 bits per heavy atom. The normalized spacial score (nSPS) is 29.6. The first-order valence-electron chi connectivity index (χ1n) is 5.00. The van der Waals surface area contributed by atoms with Crippen LogP contribution < -0.4 is 17.3 Å². The fourth-order valence-electron chi connectivity index (χ4n) is 2.17. The standard InChI is InChI=1S/C10H8F2IN3.ClH/c11-10(12)3-6(4-10)8-7-5-14-1-2-16(7)9(13)15-8;/h1-2,5-6H,3-4H2;1H. The molecule has 0 radical (unpaired) electrons. The summed E-state index contributed by atoms with van der Waals surface area (Å²) in [6.07, 6.45) is 5.14. The van der Waals surface area contributed by atoms with Crippen molar-refractivity contribution in [2.45, 2.75) is 18.8 Å². The van der Waals surface area contributed by atoms with Gasteiger partial charge in [-0.05, 0) is 0 Å². The van der Waals surface area contributed by atoms with Gasteiger partial charge in [-0.25, -0.2) is 13.7 Å². The van der Waals surface area contributed by atoms with E-state index in [1.807, 2.05) is 6.20 Å². The number of allylic oxidation sites excluding steroid dienone is 2. The number of rotatable bonds is 1. The van der Waals surface area contributed by atoms with E-state index in [0.717, 1.165) is 20.1 Å². The van der Waals surface area contributed by atoms with Gasteiger partial charge in [-0.15, -0.1) is 0 Å². The minimum atomic E-state index is -2.50. The molecule has 0 bridgehead atoms. The number of aliphatic imine (C=N–C) groups is 2. The van der Waals surface area contributed by atoms with Gasteiger partial charge >= 0.3 is 0 Å². The third-order valence-electron chi connectivity index (χ3n) is 3.01. The van der Waals surface area contributed by atoms with Crippen LogP contribution in [-0.4, -0.2) is 16.0 Å². The monoisotopic (exact) mass is 371 g/mol. The summed E-state index contributed by atoms with van der Waals surface area (Å²) in [6.45, 7) is 0. The second-order valence-corrected chi connectivity index (χ2v) is 5.19. The largest absolute Gasteiger partial charge is 1.00 e. The molecular weight excluding hydrogens is 362 g/mol. The molecule has 1 saturated carbocycles. The van der Waals surface area contributed by atoms with Crippen LogP contribution in [0.1, 0.15) is 12.8 Å². The van der Waals surface area contributed by atoms with Crippen molar-refractivity contribution in [1.82, 2.24) is 0 Å². The lowest BCUT2D eigenvalue weighted by Crippen LogP contribution is -3.07. The van der Waals surface area contributed by atoms with Gasteiger partial charge in [0.1, 0.15) is 11.9 Å². The van der Waals surface area contributed by atoms with Crippen molar-refractivity contribution in [3.8, 4) is 0 Å². The maximum Gasteiger partial charge on any atom is 0.272 e. The third-order valence-corrected chi connectivity index (χ3v) is 3.84. The zero-order valence-electron chi connectivity index (χ0n) is 8.63. The number of nitrogens with one attached hydrogen (secondary N) is 1. The summed E-state index contributed by atoms with van der Waals surface area (Å²) >= 11 is 2.14. The lowest BCUT2D eigenvalue weighted by Gasteiger charge is -2.34. The van der Waals surface area contributed by atoms with Crippen LogP contribution in [0, 0.1) is 5.92 Å². The zero-order valence-corrected chi connectivity index (χ0v) is 11.5. The molecule has 1 unspecified atom stereocenters. The third kappa shape index (κ3) is 2.17. The van der Waals surface area contributed by atoms with Crippen LogP contribution in [0.15, 0.2) is 33.8 Å². The quantitative estimate of drug-likeness (QED) is 0.429. The highest BCUT2D eigenvalue weighted by atomic mass is 127. The van der Waals surface area contributed by atoms with Crippen LogP contribution in [0.4, 0.5) is 8.78 Å². The van der Waals surface area contributed by atoms with E-state index in [1.165, 1.54) is 0 Å². The van der Waals surface area contributed by atoms with E-state index >= 15 is 0 Å². The first-order chi connectivity index (χ1) is 7.57. The summed E-state index contributed by atoms with van der Waals surface area (Å²) in [4.78, 5) is 9.44. The van der Waals surface area contributed by atoms with Gasteiger partial charge in [-0.3, -0.25) is 4.99 Å². The van der Waals surface area contributed by atoms with Crippen molar-refractivity contribution in [2.24, 2.45) is 15.9 Å². The van der Waals surface area contributed by atoms with Crippen LogP contribution in [0.5, 0.6) is 0 Å². The lowest BCUT2D eigenvalue weighted by molar-refractivity contribution is -0.684. The van der Waals surface area contributed by atoms with Crippen molar-refractivity contribution in [2.75, 3.05) is 0 Å². The maximum absolute atomic E-state index is 12.8. The van der Waals surface area contributed by atoms with Crippen LogP contribution in [0.2, 0.25) is 0 Å². The molecule has 3 nitrogen and oxygen atoms in total. The molecule has 0 spiro atoms. The number of hydrogen-bond donors (Lipinski definition) is 1. The van der Waals surface area contributed by atoms with Crippen LogP contribution in [0.25, 0.3) is 0 Å². The highest BCUT2D eigenvalue weighted by Gasteiger charge is 2.50. The topological polar surface area (TPSA) is 29.2 Å². The molecule has 17 heavy (non-hydrogen) atoms. The molecule has 7 heteroatoms. The fraction of sp³-hybridized carbons (Fsp3) is 0.400. The van der Waals surface area contributed by atoms with Gasteiger partial charge in [0.25, 0.3) is 3.84 Å². The maximum atomic E-state index is 12.8. The summed E-state index contributed by atoms with van der Waals surface area (Å²) in [5, 5.41) is 0. The predicted molar refractivity (Wildman–Crippen MR) is 64.7 cm³/mol. The van der Waals surface area contributed by atoms with Gasteiger partial charge in [0.2, 0.25) is 5.92 Å². The van der Waals surface area contributed by atoms with Crippen molar-refractivity contribution < 1.29 is 26.1 Å². The molecule has 0 aromatic heterocycles. The highest BCUT2D eigenvalue weighted by Crippen LogP contribution is 2.47. The minimum absolute atomic E-state index is 0. The van der Waals surface area contributed by atoms with Crippen LogP contribution >= 0.6 is 22.6 Å². The van der Waals surface area contributed by atoms with E-state index in [9.17, 15) is 8.78 Å². The average Bonchev–Trinajstić information content (AvgIpc) is 2.53. The minimum Gasteiger partial charge on any atom is -1.00 e. The Morgan fingerprint density at radius 1 is 1.41 bits per heavy atom. The van der Waals surface area contributed by atoms with E-state index in [1.54, 1.807) is 12.4 Å². The first kappa shape index (κ1) is 13.1. The molecule has 0 aromatic carbocycles. The lowest BCUT2D eigenvalue weighted by atomic mass is 9.78. The molecule has 1 N–H and O–H groups in total. The zero-order chi connectivity index (χ0) is 11.3. The molecule has 3 rings (SSSR count). The van der Waals surface area contributed by atoms with Gasteiger partial charge < -0.3 is 12.4 Å². The summed E-state index contributed by atoms with van der Waals surface area (Å²) in [7, 11) is 0. The molecule has 92 valence electrons. The average molecular weight is 372 g/mol. The summed E-state index contributed by atoms with van der Waals surface area (Å²) in [6, 6.07) is 0. The molecule has 1 atom stereocenters. The number of quaternary nitrogens is 1. The van der Waals surface area contributed by atoms with Crippen molar-refractivity contribution in [1.29, 1.82) is 0 Å². The van der Waals surface area contributed by atoms with Gasteiger partial charge in [0.15, 0.2) is 5.70 Å². The molecule has 1 fully saturated rings. The van der Waals surface area contributed by atoms with Gasteiger partial charge in [0.05, 0.1) is 35.0 Å². The number of halogens is 4. The number of fused-ring (bicyclic) bond motifs is 1. The second-order valence-electron chi connectivity index (χ2n) is 4.17. The summed E-state index contributed by atoms with van der Waals surface area (Å²) < 4.78 is 26.5. The number of hydrogen-bond acceptors (Lipinski definition) is 2. The Bertz CT molecular complexity index is 462. The Balaban J connectivity index is 0.00000108. The molecule has 2 heterocycles. The van der Waals surface area contributed by atoms with Gasteiger partial charge in [-0.2, -0.15) is 4.99 Å². The Labute approximate surface area is 117 Å². The van der Waals surface area contributed by atoms with Gasteiger partial charge in [-0.1, -0.05) is 0 Å². The Morgan fingerprint density at radius 3 is 2.76 bits per heavy atom. The molecule has 0 aromatic rings. The summed E-state index contributed by atoms with van der Waals surface area (Å²) in [5.74, 6) is -2.60. The van der Waals surface area contributed by atoms with E-state index < -0.39 is 5.92 Å². The molecule has 3 aliphatic rings. The van der Waals surface area contributed by atoms with Crippen LogP contribution in [0.3, 0.4) is 0 Å². The number of nitrogens with zero attached hydrogens (tertiary/aromatic N) is 2. The highest BCUT2D eigenvalue weighted by molar-refractivity contribution is 14.1. The first-order valence-corrected chi connectivity index (χ1v) is 6.08. The molecule has 1 aliphatic carbocycles. The van der Waals surface area contributed by atoms with Gasteiger partial charge in [0, 0.05) is 18.8 Å². The fourth-order valence-corrected chi connectivity index (χ4v) is 2.90. The molecule has 0 amide bonds. The molecule has 2 aliphatic heterocycles. The van der Waals surface area contributed by atoms with Crippen molar-refractivity contribution in [3.63, 3.8) is 0 Å². The smallest absolute Gasteiger partial charge is 0.272 e. The Hall–Kier alpha value is -0.340. The van der Waals surface area contributed by atoms with E-state index in [2.05, 4.69) is 32.6 Å². The molecule has 0 saturated heterocycles. The number of amidine groups is 1. The van der Waals surface area contributed by atoms with Crippen molar-refractivity contribution in [3.05, 3.63) is 23.8 Å². The predicted octanol–water partition coefficient (Wildman–Crippen LogP) is -1.51. The van der Waals surface area contributed by atoms with Crippen LogP contribution in [-0.2, 0) is 0 Å². The van der Waals surface area contributed by atoms with E-state index in [-0.39, 0.29) is 31.2 Å².